The fourth-order valence-electron chi connectivity index (χ4n) is 1.71. The monoisotopic (exact) mass is 264 g/mol. The van der Waals surface area contributed by atoms with Gasteiger partial charge in [0.15, 0.2) is 0 Å². The summed E-state index contributed by atoms with van der Waals surface area (Å²) in [5.41, 5.74) is 0.0862. The molecule has 2 aromatic rings. The Morgan fingerprint density at radius 3 is 2.53 bits per heavy atom. The first-order valence-electron chi connectivity index (χ1n) is 6.15. The Morgan fingerprint density at radius 2 is 2.00 bits per heavy atom. The number of nitrogens with zero attached hydrogens (tertiary/aromatic N) is 2. The summed E-state index contributed by atoms with van der Waals surface area (Å²) < 4.78 is 18.6. The fraction of sp³-hybridized carbons (Fsp3) is 0.429. The van der Waals surface area contributed by atoms with Crippen molar-refractivity contribution in [2.75, 3.05) is 0 Å². The molecule has 102 valence electrons. The predicted octanol–water partition coefficient (Wildman–Crippen LogP) is 3.23. The maximum Gasteiger partial charge on any atom is 0.258 e. The quantitative estimate of drug-likeness (QED) is 0.924. The smallest absolute Gasteiger partial charge is 0.258 e. The van der Waals surface area contributed by atoms with Crippen molar-refractivity contribution in [2.45, 2.75) is 39.2 Å². The molecule has 1 aromatic heterocycles. The van der Waals surface area contributed by atoms with Crippen LogP contribution in [0.1, 0.15) is 45.1 Å². The second-order valence-electron chi connectivity index (χ2n) is 5.37. The van der Waals surface area contributed by atoms with Crippen LogP contribution in [0.5, 0.6) is 0 Å². The van der Waals surface area contributed by atoms with Crippen LogP contribution in [0.2, 0.25) is 0 Å². The zero-order valence-corrected chi connectivity index (χ0v) is 11.4. The van der Waals surface area contributed by atoms with Crippen LogP contribution in [0, 0.1) is 5.82 Å². The zero-order valence-electron chi connectivity index (χ0n) is 11.4. The lowest BCUT2D eigenvalue weighted by atomic mass is 10.00. The number of aliphatic hydroxyl groups is 1. The normalized spacial score (nSPS) is 12.2. The van der Waals surface area contributed by atoms with Crippen molar-refractivity contribution < 1.29 is 14.0 Å². The minimum absolute atomic E-state index is 0.0700. The van der Waals surface area contributed by atoms with Crippen molar-refractivity contribution in [3.8, 4) is 11.4 Å². The van der Waals surface area contributed by atoms with Gasteiger partial charge in [-0.1, -0.05) is 19.0 Å². The molecule has 0 spiro atoms. The highest BCUT2D eigenvalue weighted by atomic mass is 19.1. The summed E-state index contributed by atoms with van der Waals surface area (Å²) in [4.78, 5) is 4.13. The number of hydrogen-bond donors (Lipinski definition) is 1. The number of hydrogen-bond acceptors (Lipinski definition) is 4. The van der Waals surface area contributed by atoms with Crippen molar-refractivity contribution in [1.29, 1.82) is 0 Å². The van der Waals surface area contributed by atoms with Gasteiger partial charge in [-0.15, -0.1) is 0 Å². The van der Waals surface area contributed by atoms with Gasteiger partial charge in [-0.25, -0.2) is 4.39 Å². The molecular formula is C14H17FN2O2. The Kier molecular flexibility index (Phi) is 3.41. The third-order valence-corrected chi connectivity index (χ3v) is 2.83. The van der Waals surface area contributed by atoms with Gasteiger partial charge in [-0.2, -0.15) is 4.98 Å². The SMILES string of the molecule is CC(C)c1cc(-c2noc(C(C)(C)O)n2)ccc1F. The van der Waals surface area contributed by atoms with Crippen LogP contribution < -0.4 is 0 Å². The molecule has 0 fully saturated rings. The maximum absolute atomic E-state index is 13.6. The average molecular weight is 264 g/mol. The van der Waals surface area contributed by atoms with Crippen LogP contribution in [0.15, 0.2) is 22.7 Å². The lowest BCUT2D eigenvalue weighted by Gasteiger charge is -2.09. The summed E-state index contributed by atoms with van der Waals surface area (Å²) in [5.74, 6) is 0.308. The van der Waals surface area contributed by atoms with Crippen molar-refractivity contribution >= 4 is 0 Å². The Morgan fingerprint density at radius 1 is 1.32 bits per heavy atom. The van der Waals surface area contributed by atoms with Crippen molar-refractivity contribution in [3.05, 3.63) is 35.5 Å². The van der Waals surface area contributed by atoms with E-state index in [0.717, 1.165) is 0 Å². The van der Waals surface area contributed by atoms with E-state index in [4.69, 9.17) is 4.52 Å². The van der Waals surface area contributed by atoms with E-state index in [1.807, 2.05) is 13.8 Å². The van der Waals surface area contributed by atoms with E-state index >= 15 is 0 Å². The minimum Gasteiger partial charge on any atom is -0.381 e. The molecule has 1 N–H and O–H groups in total. The van der Waals surface area contributed by atoms with Gasteiger partial charge in [0.05, 0.1) is 0 Å². The van der Waals surface area contributed by atoms with E-state index in [-0.39, 0.29) is 17.6 Å². The van der Waals surface area contributed by atoms with Crippen LogP contribution in [0.4, 0.5) is 4.39 Å². The molecule has 2 rings (SSSR count). The van der Waals surface area contributed by atoms with Crippen LogP contribution in [-0.4, -0.2) is 15.2 Å². The molecule has 0 amide bonds. The van der Waals surface area contributed by atoms with Crippen molar-refractivity contribution in [2.24, 2.45) is 0 Å². The van der Waals surface area contributed by atoms with Gasteiger partial charge in [-0.05, 0) is 43.5 Å². The van der Waals surface area contributed by atoms with Gasteiger partial charge in [0.1, 0.15) is 11.4 Å². The summed E-state index contributed by atoms with van der Waals surface area (Å²) in [6, 6.07) is 4.70. The van der Waals surface area contributed by atoms with E-state index < -0.39 is 5.60 Å². The molecule has 0 radical (unpaired) electrons. The predicted molar refractivity (Wildman–Crippen MR) is 69.0 cm³/mol. The van der Waals surface area contributed by atoms with Crippen LogP contribution in [-0.2, 0) is 5.60 Å². The first-order valence-corrected chi connectivity index (χ1v) is 6.15. The molecule has 0 bridgehead atoms. The van der Waals surface area contributed by atoms with E-state index in [0.29, 0.717) is 17.0 Å². The van der Waals surface area contributed by atoms with Crippen molar-refractivity contribution in [1.82, 2.24) is 10.1 Å². The molecule has 5 heteroatoms. The van der Waals surface area contributed by atoms with Gasteiger partial charge >= 0.3 is 0 Å². The number of halogens is 1. The molecule has 19 heavy (non-hydrogen) atoms. The number of aromatic nitrogens is 2. The van der Waals surface area contributed by atoms with Gasteiger partial charge in [-0.3, -0.25) is 0 Å². The van der Waals surface area contributed by atoms with Gasteiger partial charge in [0, 0.05) is 5.56 Å². The Labute approximate surface area is 111 Å². The molecule has 0 unspecified atom stereocenters. The lowest BCUT2D eigenvalue weighted by molar-refractivity contribution is 0.0420. The minimum atomic E-state index is -1.19. The molecule has 0 aliphatic heterocycles. The first-order chi connectivity index (χ1) is 8.79. The first kappa shape index (κ1) is 13.7. The third-order valence-electron chi connectivity index (χ3n) is 2.83. The third kappa shape index (κ3) is 2.81. The highest BCUT2D eigenvalue weighted by Crippen LogP contribution is 2.26. The van der Waals surface area contributed by atoms with E-state index in [1.54, 1.807) is 26.0 Å². The second kappa shape index (κ2) is 4.74. The molecule has 1 aromatic carbocycles. The van der Waals surface area contributed by atoms with Crippen LogP contribution >= 0.6 is 0 Å². The Bertz CT molecular complexity index is 585. The average Bonchev–Trinajstić information content (AvgIpc) is 2.78. The van der Waals surface area contributed by atoms with Crippen LogP contribution in [0.3, 0.4) is 0 Å². The van der Waals surface area contributed by atoms with E-state index in [2.05, 4.69) is 10.1 Å². The molecule has 0 aliphatic rings. The zero-order chi connectivity index (χ0) is 14.2. The van der Waals surface area contributed by atoms with Gasteiger partial charge in [0.25, 0.3) is 5.89 Å². The molecule has 4 nitrogen and oxygen atoms in total. The summed E-state index contributed by atoms with van der Waals surface area (Å²) in [7, 11) is 0. The summed E-state index contributed by atoms with van der Waals surface area (Å²) in [6.45, 7) is 6.96. The standard InChI is InChI=1S/C14H17FN2O2/c1-8(2)10-7-9(5-6-11(10)15)12-16-13(19-17-12)14(3,4)18/h5-8,18H,1-4H3. The molecule has 0 atom stereocenters. The molecule has 1 heterocycles. The molecule has 0 saturated heterocycles. The topological polar surface area (TPSA) is 59.2 Å². The van der Waals surface area contributed by atoms with E-state index in [1.165, 1.54) is 6.07 Å². The largest absolute Gasteiger partial charge is 0.381 e. The maximum atomic E-state index is 13.6. The van der Waals surface area contributed by atoms with Gasteiger partial charge < -0.3 is 9.63 Å². The fourth-order valence-corrected chi connectivity index (χ4v) is 1.71. The van der Waals surface area contributed by atoms with Crippen molar-refractivity contribution in [3.63, 3.8) is 0 Å². The Balaban J connectivity index is 2.42. The summed E-state index contributed by atoms with van der Waals surface area (Å²) >= 11 is 0. The summed E-state index contributed by atoms with van der Waals surface area (Å²) in [5, 5.41) is 13.6. The van der Waals surface area contributed by atoms with Gasteiger partial charge in [0.2, 0.25) is 5.82 Å². The molecular weight excluding hydrogens is 247 g/mol. The van der Waals surface area contributed by atoms with Crippen LogP contribution in [0.25, 0.3) is 11.4 Å². The number of benzene rings is 1. The summed E-state index contributed by atoms with van der Waals surface area (Å²) in [6.07, 6.45) is 0. The number of rotatable bonds is 3. The second-order valence-corrected chi connectivity index (χ2v) is 5.37. The molecule has 0 aliphatic carbocycles. The Hall–Kier alpha value is -1.75. The lowest BCUT2D eigenvalue weighted by Crippen LogP contribution is -2.15. The highest BCUT2D eigenvalue weighted by molar-refractivity contribution is 5.56. The molecule has 0 saturated carbocycles. The highest BCUT2D eigenvalue weighted by Gasteiger charge is 2.24. The van der Waals surface area contributed by atoms with E-state index in [9.17, 15) is 9.50 Å².